The van der Waals surface area contributed by atoms with E-state index in [1.165, 1.54) is 0 Å². The van der Waals surface area contributed by atoms with Gasteiger partial charge in [-0.15, -0.1) is 0 Å². The zero-order valence-electron chi connectivity index (χ0n) is 18.5. The molecule has 1 atom stereocenters. The van der Waals surface area contributed by atoms with Crippen LogP contribution in [0.5, 0.6) is 0 Å². The molecule has 6 heteroatoms. The summed E-state index contributed by atoms with van der Waals surface area (Å²) in [6, 6.07) is 2.37. The van der Waals surface area contributed by atoms with Gasteiger partial charge in [0.25, 0.3) is 0 Å². The third-order valence-corrected chi connectivity index (χ3v) is 5.49. The van der Waals surface area contributed by atoms with Crippen LogP contribution in [-0.4, -0.2) is 53.1 Å². The average molecular weight is 391 g/mol. The molecule has 1 unspecified atom stereocenters. The van der Waals surface area contributed by atoms with Crippen LogP contribution in [0.1, 0.15) is 86.0 Å². The van der Waals surface area contributed by atoms with E-state index in [0.29, 0.717) is 45.3 Å². The van der Waals surface area contributed by atoms with Crippen molar-refractivity contribution < 1.29 is 9.59 Å². The number of unbranched alkanes of at least 4 members (excludes halogenated alkanes) is 1. The molecule has 0 N–H and O–H groups in total. The van der Waals surface area contributed by atoms with Crippen LogP contribution in [0.25, 0.3) is 0 Å². The molecule has 1 aliphatic rings. The van der Waals surface area contributed by atoms with E-state index in [-0.39, 0.29) is 17.9 Å². The Morgan fingerprint density at radius 1 is 1.25 bits per heavy atom. The number of nitrogens with zero attached hydrogens (tertiary/aromatic N) is 4. The second-order valence-electron chi connectivity index (χ2n) is 7.95. The normalized spacial score (nSPS) is 18.5. The van der Waals surface area contributed by atoms with Crippen molar-refractivity contribution in [1.29, 1.82) is 5.26 Å². The Hall–Kier alpha value is -1.90. The molecule has 0 spiro atoms. The third-order valence-electron chi connectivity index (χ3n) is 5.49. The van der Waals surface area contributed by atoms with Gasteiger partial charge in [-0.25, -0.2) is 0 Å². The quantitative estimate of drug-likeness (QED) is 0.624. The lowest BCUT2D eigenvalue weighted by Gasteiger charge is -2.34. The van der Waals surface area contributed by atoms with Gasteiger partial charge in [-0.05, 0) is 39.5 Å². The van der Waals surface area contributed by atoms with Crippen molar-refractivity contribution in [3.05, 3.63) is 0 Å². The summed E-state index contributed by atoms with van der Waals surface area (Å²) in [5.74, 6) is 0.819. The van der Waals surface area contributed by atoms with Crippen molar-refractivity contribution in [1.82, 2.24) is 9.80 Å². The minimum Gasteiger partial charge on any atom is -0.339 e. The lowest BCUT2D eigenvalue weighted by Crippen LogP contribution is -2.47. The second kappa shape index (κ2) is 11.8. The number of carbonyl (C=O) groups is 2. The number of rotatable bonds is 8. The van der Waals surface area contributed by atoms with Gasteiger partial charge >= 0.3 is 0 Å². The van der Waals surface area contributed by atoms with E-state index in [1.807, 2.05) is 32.6 Å². The second-order valence-corrected chi connectivity index (χ2v) is 7.95. The van der Waals surface area contributed by atoms with E-state index in [1.54, 1.807) is 4.90 Å². The molecule has 0 aromatic rings. The number of hydrogen-bond donors (Lipinski definition) is 0. The monoisotopic (exact) mass is 390 g/mol. The lowest BCUT2D eigenvalue weighted by atomic mass is 9.80. The van der Waals surface area contributed by atoms with Gasteiger partial charge in [0.15, 0.2) is 0 Å². The standard InChI is InChI=1S/C22H38N4O2/c1-6-9-11-19-24-14-16-25(15-10-12-20(27)26(19)18(4)5)21(28)22(8-3,17-23)13-7-2/h18H,6-16H2,1-5H3. The van der Waals surface area contributed by atoms with Crippen LogP contribution < -0.4 is 0 Å². The molecule has 0 bridgehead atoms. The molecule has 2 amide bonds. The molecule has 158 valence electrons. The molecule has 0 aromatic carbocycles. The molecule has 0 radical (unpaired) electrons. The summed E-state index contributed by atoms with van der Waals surface area (Å²) in [7, 11) is 0. The molecule has 0 saturated heterocycles. The van der Waals surface area contributed by atoms with E-state index in [0.717, 1.165) is 31.5 Å². The van der Waals surface area contributed by atoms with Gasteiger partial charge in [-0.2, -0.15) is 5.26 Å². The van der Waals surface area contributed by atoms with Gasteiger partial charge in [-0.3, -0.25) is 19.5 Å². The number of aliphatic imine (C=N–C) groups is 1. The first-order valence-corrected chi connectivity index (χ1v) is 10.9. The maximum absolute atomic E-state index is 13.2. The predicted molar refractivity (Wildman–Crippen MR) is 113 cm³/mol. The summed E-state index contributed by atoms with van der Waals surface area (Å²) in [5, 5.41) is 9.73. The van der Waals surface area contributed by atoms with Crippen LogP contribution >= 0.6 is 0 Å². The molecular formula is C22H38N4O2. The number of hydrogen-bond acceptors (Lipinski definition) is 4. The Morgan fingerprint density at radius 3 is 2.50 bits per heavy atom. The average Bonchev–Trinajstić information content (AvgIpc) is 2.68. The first-order chi connectivity index (χ1) is 13.4. The van der Waals surface area contributed by atoms with E-state index < -0.39 is 5.41 Å². The summed E-state index contributed by atoms with van der Waals surface area (Å²) < 4.78 is 0. The lowest BCUT2D eigenvalue weighted by molar-refractivity contribution is -0.140. The van der Waals surface area contributed by atoms with Gasteiger partial charge in [0.1, 0.15) is 11.3 Å². The Kier molecular flexibility index (Phi) is 10.2. The molecule has 1 heterocycles. The van der Waals surface area contributed by atoms with Crippen molar-refractivity contribution in [3.63, 3.8) is 0 Å². The van der Waals surface area contributed by atoms with Gasteiger partial charge in [0.2, 0.25) is 11.8 Å². The molecule has 0 saturated carbocycles. The highest BCUT2D eigenvalue weighted by Crippen LogP contribution is 2.30. The fourth-order valence-electron chi connectivity index (χ4n) is 3.84. The minimum absolute atomic E-state index is 0.0785. The predicted octanol–water partition coefficient (Wildman–Crippen LogP) is 4.15. The molecule has 28 heavy (non-hydrogen) atoms. The maximum Gasteiger partial charge on any atom is 0.243 e. The van der Waals surface area contributed by atoms with Crippen molar-refractivity contribution >= 4 is 17.6 Å². The molecular weight excluding hydrogens is 352 g/mol. The summed E-state index contributed by atoms with van der Waals surface area (Å²) in [6.07, 6.45) is 5.70. The fraction of sp³-hybridized carbons (Fsp3) is 0.818. The first kappa shape index (κ1) is 24.1. The number of nitriles is 1. The number of amides is 2. The van der Waals surface area contributed by atoms with Crippen molar-refractivity contribution in [2.24, 2.45) is 10.4 Å². The smallest absolute Gasteiger partial charge is 0.243 e. The van der Waals surface area contributed by atoms with E-state index in [2.05, 4.69) is 13.0 Å². The molecule has 0 fully saturated rings. The van der Waals surface area contributed by atoms with Crippen LogP contribution in [0.4, 0.5) is 0 Å². The van der Waals surface area contributed by atoms with Crippen LogP contribution in [0.3, 0.4) is 0 Å². The Balaban J connectivity index is 3.10. The summed E-state index contributed by atoms with van der Waals surface area (Å²) >= 11 is 0. The van der Waals surface area contributed by atoms with E-state index >= 15 is 0 Å². The largest absolute Gasteiger partial charge is 0.339 e. The molecule has 0 aromatic heterocycles. The Labute approximate surface area is 171 Å². The SMILES string of the molecule is CCCCC1=NCCN(C(=O)C(C#N)(CC)CCC)CCCC(=O)N1C(C)C. The maximum atomic E-state index is 13.2. The number of carbonyl (C=O) groups excluding carboxylic acids is 2. The zero-order chi connectivity index (χ0) is 21.2. The van der Waals surface area contributed by atoms with E-state index in [4.69, 9.17) is 4.99 Å². The number of amidine groups is 1. The Morgan fingerprint density at radius 2 is 1.96 bits per heavy atom. The van der Waals surface area contributed by atoms with Gasteiger partial charge in [0.05, 0.1) is 12.6 Å². The van der Waals surface area contributed by atoms with Gasteiger partial charge < -0.3 is 4.90 Å². The van der Waals surface area contributed by atoms with Gasteiger partial charge in [-0.1, -0.05) is 33.6 Å². The van der Waals surface area contributed by atoms with Crippen LogP contribution in [-0.2, 0) is 9.59 Å². The first-order valence-electron chi connectivity index (χ1n) is 10.9. The fourth-order valence-corrected chi connectivity index (χ4v) is 3.84. The summed E-state index contributed by atoms with van der Waals surface area (Å²) in [4.78, 5) is 34.4. The molecule has 1 rings (SSSR count). The van der Waals surface area contributed by atoms with Crippen molar-refractivity contribution in [3.8, 4) is 6.07 Å². The van der Waals surface area contributed by atoms with Gasteiger partial charge in [0, 0.05) is 32.0 Å². The molecule has 6 nitrogen and oxygen atoms in total. The topological polar surface area (TPSA) is 76.8 Å². The Bertz CT molecular complexity index is 594. The van der Waals surface area contributed by atoms with Crippen LogP contribution in [0.2, 0.25) is 0 Å². The van der Waals surface area contributed by atoms with Crippen LogP contribution in [0.15, 0.2) is 4.99 Å². The van der Waals surface area contributed by atoms with Crippen LogP contribution in [0, 0.1) is 16.7 Å². The minimum atomic E-state index is -0.957. The zero-order valence-corrected chi connectivity index (χ0v) is 18.5. The summed E-state index contributed by atoms with van der Waals surface area (Å²) in [6.45, 7) is 11.6. The van der Waals surface area contributed by atoms with Crippen molar-refractivity contribution in [2.45, 2.75) is 92.0 Å². The summed E-state index contributed by atoms with van der Waals surface area (Å²) in [5.41, 5.74) is -0.957. The third kappa shape index (κ3) is 6.05. The highest BCUT2D eigenvalue weighted by Gasteiger charge is 2.39. The molecule has 1 aliphatic heterocycles. The highest BCUT2D eigenvalue weighted by atomic mass is 16.2. The molecule has 0 aliphatic carbocycles. The highest BCUT2D eigenvalue weighted by molar-refractivity contribution is 5.98. The van der Waals surface area contributed by atoms with Crippen molar-refractivity contribution in [2.75, 3.05) is 19.6 Å². The van der Waals surface area contributed by atoms with E-state index in [9.17, 15) is 14.9 Å².